The summed E-state index contributed by atoms with van der Waals surface area (Å²) in [5, 5.41) is 13.8. The number of nitrogens with zero attached hydrogens (tertiary/aromatic N) is 3. The van der Waals surface area contributed by atoms with Gasteiger partial charge in [0.1, 0.15) is 24.5 Å². The Labute approximate surface area is 121 Å². The Morgan fingerprint density at radius 3 is 2.90 bits per heavy atom. The minimum Gasteiger partial charge on any atom is -0.470 e. The summed E-state index contributed by atoms with van der Waals surface area (Å²) < 4.78 is 20.8. The number of allylic oxidation sites excluding steroid dienone is 1. The molecule has 0 spiro atoms. The van der Waals surface area contributed by atoms with Crippen LogP contribution in [-0.2, 0) is 11.3 Å². The molecule has 6 heteroatoms. The van der Waals surface area contributed by atoms with E-state index in [1.165, 1.54) is 6.07 Å². The van der Waals surface area contributed by atoms with Gasteiger partial charge in [0.05, 0.1) is 12.2 Å². The van der Waals surface area contributed by atoms with E-state index in [1.54, 1.807) is 46.3 Å². The zero-order valence-corrected chi connectivity index (χ0v) is 11.6. The van der Waals surface area contributed by atoms with E-state index in [2.05, 4.69) is 5.10 Å². The van der Waals surface area contributed by atoms with Crippen LogP contribution in [0.2, 0.25) is 0 Å². The monoisotopic (exact) mass is 289 g/mol. The first kappa shape index (κ1) is 13.6. The lowest BCUT2D eigenvalue weighted by Gasteiger charge is -2.22. The smallest absolute Gasteiger partial charge is 0.218 e. The lowest BCUT2D eigenvalue weighted by Crippen LogP contribution is -2.25. The maximum absolute atomic E-state index is 13.6. The number of rotatable bonds is 4. The van der Waals surface area contributed by atoms with Crippen LogP contribution in [0.25, 0.3) is 0 Å². The van der Waals surface area contributed by atoms with Crippen LogP contribution in [0.5, 0.6) is 0 Å². The Bertz CT molecular complexity index is 668. The predicted molar refractivity (Wildman–Crippen MR) is 74.2 cm³/mol. The van der Waals surface area contributed by atoms with E-state index in [0.29, 0.717) is 17.8 Å². The quantitative estimate of drug-likeness (QED) is 0.937. The Balaban J connectivity index is 1.77. The van der Waals surface area contributed by atoms with Crippen molar-refractivity contribution in [3.8, 4) is 0 Å². The van der Waals surface area contributed by atoms with Crippen molar-refractivity contribution in [1.82, 2.24) is 14.7 Å². The van der Waals surface area contributed by atoms with Gasteiger partial charge in [-0.3, -0.25) is 4.68 Å². The summed E-state index contributed by atoms with van der Waals surface area (Å²) >= 11 is 0. The molecule has 0 saturated carbocycles. The number of halogens is 1. The minimum absolute atomic E-state index is 0.146. The number of aliphatic hydroxyl groups is 1. The average molecular weight is 289 g/mol. The second kappa shape index (κ2) is 5.57. The lowest BCUT2D eigenvalue weighted by atomic mass is 10.2. The van der Waals surface area contributed by atoms with Gasteiger partial charge in [0, 0.05) is 11.8 Å². The van der Waals surface area contributed by atoms with E-state index >= 15 is 0 Å². The molecule has 1 N–H and O–H groups in total. The number of aromatic nitrogens is 2. The summed E-state index contributed by atoms with van der Waals surface area (Å²) in [6, 6.07) is 8.42. The molecule has 0 aliphatic carbocycles. The van der Waals surface area contributed by atoms with Crippen LogP contribution < -0.4 is 0 Å². The summed E-state index contributed by atoms with van der Waals surface area (Å²) in [4.78, 5) is 1.69. The van der Waals surface area contributed by atoms with Crippen molar-refractivity contribution in [2.24, 2.45) is 0 Å². The number of hydrogen-bond donors (Lipinski definition) is 1. The summed E-state index contributed by atoms with van der Waals surface area (Å²) in [6.45, 7) is 2.06. The van der Waals surface area contributed by atoms with Gasteiger partial charge in [0.25, 0.3) is 0 Å². The van der Waals surface area contributed by atoms with E-state index in [9.17, 15) is 9.50 Å². The second-order valence-corrected chi connectivity index (χ2v) is 4.89. The highest BCUT2D eigenvalue weighted by Crippen LogP contribution is 2.30. The van der Waals surface area contributed by atoms with Gasteiger partial charge in [-0.15, -0.1) is 0 Å². The Morgan fingerprint density at radius 2 is 2.14 bits per heavy atom. The molecule has 0 saturated heterocycles. The second-order valence-electron chi connectivity index (χ2n) is 4.89. The van der Waals surface area contributed by atoms with E-state index in [4.69, 9.17) is 4.74 Å². The first-order valence-electron chi connectivity index (χ1n) is 6.65. The predicted octanol–water partition coefficient (Wildman–Crippen LogP) is 2.21. The first-order valence-corrected chi connectivity index (χ1v) is 6.65. The fraction of sp³-hybridized carbons (Fsp3) is 0.267. The van der Waals surface area contributed by atoms with Crippen LogP contribution in [0, 0.1) is 5.82 Å². The molecule has 21 heavy (non-hydrogen) atoms. The third kappa shape index (κ3) is 2.62. The van der Waals surface area contributed by atoms with Crippen LogP contribution in [0.1, 0.15) is 24.4 Å². The lowest BCUT2D eigenvalue weighted by molar-refractivity contribution is -0.00192. The molecule has 1 aliphatic rings. The van der Waals surface area contributed by atoms with Gasteiger partial charge in [-0.25, -0.2) is 4.39 Å². The van der Waals surface area contributed by atoms with Crippen LogP contribution >= 0.6 is 0 Å². The van der Waals surface area contributed by atoms with E-state index in [1.807, 2.05) is 6.92 Å². The largest absolute Gasteiger partial charge is 0.470 e. The molecule has 5 nitrogen and oxygen atoms in total. The van der Waals surface area contributed by atoms with Gasteiger partial charge in [0.2, 0.25) is 6.23 Å². The van der Waals surface area contributed by atoms with E-state index in [0.717, 1.165) is 5.70 Å². The number of aliphatic hydroxyl groups excluding tert-OH is 1. The molecule has 0 radical (unpaired) electrons. The van der Waals surface area contributed by atoms with E-state index < -0.39 is 6.23 Å². The highest BCUT2D eigenvalue weighted by molar-refractivity contribution is 5.18. The van der Waals surface area contributed by atoms with Crippen molar-refractivity contribution in [3.05, 3.63) is 65.6 Å². The summed E-state index contributed by atoms with van der Waals surface area (Å²) in [5.41, 5.74) is 2.09. The molecule has 2 heterocycles. The fourth-order valence-electron chi connectivity index (χ4n) is 2.30. The molecule has 0 amide bonds. The van der Waals surface area contributed by atoms with Crippen LogP contribution in [0.4, 0.5) is 4.39 Å². The van der Waals surface area contributed by atoms with Gasteiger partial charge < -0.3 is 14.7 Å². The maximum Gasteiger partial charge on any atom is 0.218 e. The molecule has 3 rings (SSSR count). The molecule has 1 aliphatic heterocycles. The van der Waals surface area contributed by atoms with Gasteiger partial charge in [0.15, 0.2) is 0 Å². The van der Waals surface area contributed by atoms with Gasteiger partial charge in [-0.05, 0) is 19.1 Å². The van der Waals surface area contributed by atoms with E-state index in [-0.39, 0.29) is 12.5 Å². The van der Waals surface area contributed by atoms with Crippen LogP contribution in [0.15, 0.2) is 48.5 Å². The summed E-state index contributed by atoms with van der Waals surface area (Å²) in [5.74, 6) is -0.249. The molecule has 2 aromatic rings. The van der Waals surface area contributed by atoms with Crippen molar-refractivity contribution in [2.45, 2.75) is 19.7 Å². The third-order valence-corrected chi connectivity index (χ3v) is 3.46. The molecule has 0 bridgehead atoms. The number of benzene rings is 1. The molecule has 1 unspecified atom stereocenters. The molecular weight excluding hydrogens is 273 g/mol. The third-order valence-electron chi connectivity index (χ3n) is 3.46. The molecule has 1 aromatic heterocycles. The van der Waals surface area contributed by atoms with Crippen LogP contribution in [0.3, 0.4) is 0 Å². The highest BCUT2D eigenvalue weighted by Gasteiger charge is 2.28. The standard InChI is InChI=1S/C15H16FN3O2/c1-11-9-21-15(19(11)10-20)14-6-7-18(17-14)8-12-4-2-3-5-13(12)16/h2-7,9,15,20H,8,10H2,1H3. The summed E-state index contributed by atoms with van der Waals surface area (Å²) in [6.07, 6.45) is 2.93. The number of ether oxygens (including phenoxy) is 1. The first-order chi connectivity index (χ1) is 10.2. The fourth-order valence-corrected chi connectivity index (χ4v) is 2.30. The Morgan fingerprint density at radius 1 is 1.33 bits per heavy atom. The van der Waals surface area contributed by atoms with Gasteiger partial charge in [-0.1, -0.05) is 18.2 Å². The minimum atomic E-state index is -0.433. The Hall–Kier alpha value is -2.34. The summed E-state index contributed by atoms with van der Waals surface area (Å²) in [7, 11) is 0. The maximum atomic E-state index is 13.6. The van der Waals surface area contributed by atoms with Crippen LogP contribution in [-0.4, -0.2) is 26.5 Å². The number of hydrogen-bond acceptors (Lipinski definition) is 4. The highest BCUT2D eigenvalue weighted by atomic mass is 19.1. The van der Waals surface area contributed by atoms with Crippen molar-refractivity contribution >= 4 is 0 Å². The molecule has 0 fully saturated rings. The van der Waals surface area contributed by atoms with Crippen molar-refractivity contribution in [1.29, 1.82) is 0 Å². The SMILES string of the molecule is CC1=COC(c2ccn(Cc3ccccc3F)n2)N1CO. The van der Waals surface area contributed by atoms with Crippen molar-refractivity contribution in [2.75, 3.05) is 6.73 Å². The topological polar surface area (TPSA) is 50.5 Å². The average Bonchev–Trinajstić information content (AvgIpc) is 3.07. The van der Waals surface area contributed by atoms with Crippen molar-refractivity contribution < 1.29 is 14.2 Å². The van der Waals surface area contributed by atoms with Gasteiger partial charge >= 0.3 is 0 Å². The van der Waals surface area contributed by atoms with Crippen molar-refractivity contribution in [3.63, 3.8) is 0 Å². The molecule has 1 aromatic carbocycles. The normalized spacial score (nSPS) is 17.8. The molecule has 110 valence electrons. The molecular formula is C15H16FN3O2. The molecule has 1 atom stereocenters. The zero-order chi connectivity index (χ0) is 14.8. The Kier molecular flexibility index (Phi) is 3.62. The van der Waals surface area contributed by atoms with Gasteiger partial charge in [-0.2, -0.15) is 5.10 Å². The zero-order valence-electron chi connectivity index (χ0n) is 11.6.